The Morgan fingerprint density at radius 3 is 0.813 bits per heavy atom. The third kappa shape index (κ3) is 61.1. The Bertz CT molecular complexity index is 1480. The maximum absolute atomic E-state index is 12.8. The molecule has 6 nitrogen and oxygen atoms in total. The molecule has 75 heavy (non-hydrogen) atoms. The van der Waals surface area contributed by atoms with Gasteiger partial charge in [0.15, 0.2) is 6.10 Å². The highest BCUT2D eigenvalue weighted by Gasteiger charge is 2.19. The van der Waals surface area contributed by atoms with E-state index >= 15 is 0 Å². The molecule has 0 spiro atoms. The zero-order chi connectivity index (χ0) is 54.3. The highest BCUT2D eigenvalue weighted by Crippen LogP contribution is 2.17. The minimum atomic E-state index is -0.777. The van der Waals surface area contributed by atoms with Crippen LogP contribution >= 0.6 is 0 Å². The number of hydrogen-bond donors (Lipinski definition) is 0. The third-order valence-corrected chi connectivity index (χ3v) is 13.6. The molecule has 0 aromatic heterocycles. The number of ether oxygens (including phenoxy) is 3. The van der Waals surface area contributed by atoms with Crippen LogP contribution in [-0.4, -0.2) is 37.2 Å². The lowest BCUT2D eigenvalue weighted by Gasteiger charge is -2.18. The zero-order valence-electron chi connectivity index (χ0n) is 49.3. The molecule has 0 rings (SSSR count). The van der Waals surface area contributed by atoms with Crippen molar-refractivity contribution in [2.45, 2.75) is 309 Å². The van der Waals surface area contributed by atoms with E-state index < -0.39 is 6.10 Å². The summed E-state index contributed by atoms with van der Waals surface area (Å²) in [6.07, 6.45) is 84.8. The fourth-order valence-electron chi connectivity index (χ4n) is 8.90. The monoisotopic (exact) mass is 1040 g/mol. The SMILES string of the molecule is CC/C=C\C/C=C\C/C=C\C/C=C\C/C=C\CCCCCCCCCCCCCCCCCCCCCC(=O)OCC(COC(=O)CCCCCCC)OC(=O)CCCCCCCCC/C=C\C/C=C\C/C=C\CC. The number of hydrogen-bond acceptors (Lipinski definition) is 6. The van der Waals surface area contributed by atoms with Gasteiger partial charge in [0.1, 0.15) is 13.2 Å². The first-order valence-electron chi connectivity index (χ1n) is 31.7. The van der Waals surface area contributed by atoms with Crippen LogP contribution in [-0.2, 0) is 28.6 Å². The topological polar surface area (TPSA) is 78.9 Å². The lowest BCUT2D eigenvalue weighted by molar-refractivity contribution is -0.167. The molecule has 0 aliphatic carbocycles. The molecule has 1 unspecified atom stereocenters. The molecular weight excluding hydrogens is 925 g/mol. The highest BCUT2D eigenvalue weighted by molar-refractivity contribution is 5.71. The highest BCUT2D eigenvalue weighted by atomic mass is 16.6. The molecule has 6 heteroatoms. The van der Waals surface area contributed by atoms with Gasteiger partial charge in [-0.2, -0.15) is 0 Å². The molecule has 0 saturated heterocycles. The van der Waals surface area contributed by atoms with Crippen molar-refractivity contribution in [2.24, 2.45) is 0 Å². The number of rotatable bonds is 57. The van der Waals surface area contributed by atoms with Crippen molar-refractivity contribution in [3.8, 4) is 0 Å². The van der Waals surface area contributed by atoms with E-state index in [1.165, 1.54) is 141 Å². The quantitative estimate of drug-likeness (QED) is 0.0261. The van der Waals surface area contributed by atoms with Crippen LogP contribution in [0.15, 0.2) is 97.2 Å². The zero-order valence-corrected chi connectivity index (χ0v) is 49.3. The lowest BCUT2D eigenvalue weighted by Crippen LogP contribution is -2.30. The predicted molar refractivity (Wildman–Crippen MR) is 325 cm³/mol. The summed E-state index contributed by atoms with van der Waals surface area (Å²) in [4.78, 5) is 37.9. The van der Waals surface area contributed by atoms with Gasteiger partial charge >= 0.3 is 17.9 Å². The minimum Gasteiger partial charge on any atom is -0.462 e. The van der Waals surface area contributed by atoms with Crippen molar-refractivity contribution in [3.63, 3.8) is 0 Å². The summed E-state index contributed by atoms with van der Waals surface area (Å²) in [5, 5.41) is 0. The van der Waals surface area contributed by atoms with Gasteiger partial charge in [-0.3, -0.25) is 14.4 Å². The average Bonchev–Trinajstić information content (AvgIpc) is 3.41. The number of carbonyl (C=O) groups is 3. The maximum atomic E-state index is 12.8. The van der Waals surface area contributed by atoms with Crippen LogP contribution in [0.4, 0.5) is 0 Å². The van der Waals surface area contributed by atoms with Crippen LogP contribution in [0.3, 0.4) is 0 Å². The second kappa shape index (κ2) is 62.9. The molecule has 0 aliphatic heterocycles. The van der Waals surface area contributed by atoms with Crippen LogP contribution in [0.25, 0.3) is 0 Å². The molecule has 0 fully saturated rings. The second-order valence-electron chi connectivity index (χ2n) is 20.9. The van der Waals surface area contributed by atoms with Gasteiger partial charge in [-0.05, 0) is 96.3 Å². The van der Waals surface area contributed by atoms with Crippen molar-refractivity contribution in [1.82, 2.24) is 0 Å². The van der Waals surface area contributed by atoms with Crippen LogP contribution in [0.1, 0.15) is 303 Å². The van der Waals surface area contributed by atoms with Gasteiger partial charge in [0.05, 0.1) is 0 Å². The molecule has 0 bridgehead atoms. The first-order chi connectivity index (χ1) is 37.0. The summed E-state index contributed by atoms with van der Waals surface area (Å²) < 4.78 is 16.7. The van der Waals surface area contributed by atoms with E-state index in [-0.39, 0.29) is 31.1 Å². The number of esters is 3. The van der Waals surface area contributed by atoms with E-state index in [0.717, 1.165) is 122 Å². The minimum absolute atomic E-state index is 0.0782. The lowest BCUT2D eigenvalue weighted by atomic mass is 10.0. The summed E-state index contributed by atoms with van der Waals surface area (Å²) >= 11 is 0. The van der Waals surface area contributed by atoms with Gasteiger partial charge in [0, 0.05) is 19.3 Å². The smallest absolute Gasteiger partial charge is 0.306 e. The van der Waals surface area contributed by atoms with E-state index in [9.17, 15) is 14.4 Å². The van der Waals surface area contributed by atoms with E-state index in [2.05, 4.69) is 118 Å². The number of unbranched alkanes of at least 4 members (excludes halogenated alkanes) is 30. The predicted octanol–water partition coefficient (Wildman–Crippen LogP) is 21.7. The Balaban J connectivity index is 3.93. The van der Waals surface area contributed by atoms with Crippen LogP contribution in [0.2, 0.25) is 0 Å². The normalized spacial score (nSPS) is 12.7. The van der Waals surface area contributed by atoms with Crippen LogP contribution in [0, 0.1) is 0 Å². The van der Waals surface area contributed by atoms with Gasteiger partial charge < -0.3 is 14.2 Å². The van der Waals surface area contributed by atoms with Crippen molar-refractivity contribution >= 4 is 17.9 Å². The Kier molecular flexibility index (Phi) is 59.8. The van der Waals surface area contributed by atoms with E-state index in [1.807, 2.05) is 0 Å². The first kappa shape index (κ1) is 71.3. The molecule has 0 aromatic carbocycles. The molecular formula is C69H118O6. The van der Waals surface area contributed by atoms with Gasteiger partial charge in [0.25, 0.3) is 0 Å². The summed E-state index contributed by atoms with van der Waals surface area (Å²) in [7, 11) is 0. The molecule has 1 atom stereocenters. The van der Waals surface area contributed by atoms with Crippen molar-refractivity contribution in [2.75, 3.05) is 13.2 Å². The molecule has 0 heterocycles. The first-order valence-corrected chi connectivity index (χ1v) is 31.7. The summed E-state index contributed by atoms with van der Waals surface area (Å²) in [6, 6.07) is 0. The summed E-state index contributed by atoms with van der Waals surface area (Å²) in [5.41, 5.74) is 0. The van der Waals surface area contributed by atoms with E-state index in [0.29, 0.717) is 19.3 Å². The van der Waals surface area contributed by atoms with Gasteiger partial charge in [-0.15, -0.1) is 0 Å². The Hall–Kier alpha value is -3.67. The average molecular weight is 1040 g/mol. The molecule has 0 aromatic rings. The largest absolute Gasteiger partial charge is 0.462 e. The second-order valence-corrected chi connectivity index (χ2v) is 20.9. The fourth-order valence-corrected chi connectivity index (χ4v) is 8.90. The number of allylic oxidation sites excluding steroid dienone is 16. The Morgan fingerprint density at radius 1 is 0.280 bits per heavy atom. The molecule has 0 N–H and O–H groups in total. The Labute approximate surface area is 464 Å². The van der Waals surface area contributed by atoms with Crippen molar-refractivity contribution < 1.29 is 28.6 Å². The molecule has 0 saturated carbocycles. The molecule has 430 valence electrons. The molecule has 0 aliphatic rings. The summed E-state index contributed by atoms with van der Waals surface area (Å²) in [6.45, 7) is 6.34. The van der Waals surface area contributed by atoms with Gasteiger partial charge in [-0.25, -0.2) is 0 Å². The summed E-state index contributed by atoms with van der Waals surface area (Å²) in [5.74, 6) is -0.894. The van der Waals surface area contributed by atoms with Crippen LogP contribution in [0.5, 0.6) is 0 Å². The maximum Gasteiger partial charge on any atom is 0.306 e. The molecule has 0 radical (unpaired) electrons. The Morgan fingerprint density at radius 2 is 0.520 bits per heavy atom. The van der Waals surface area contributed by atoms with Crippen LogP contribution < -0.4 is 0 Å². The van der Waals surface area contributed by atoms with E-state index in [1.54, 1.807) is 0 Å². The standard InChI is InChI=1S/C69H118O6/c1-4-7-10-13-15-17-19-21-23-25-26-27-28-29-30-31-32-33-34-35-36-37-38-39-40-41-42-44-45-47-49-51-53-56-59-62-68(71)74-65-66(64-73-67(70)61-58-55-12-9-6-3)75-69(72)63-60-57-54-52-50-48-46-43-24-22-20-18-16-14-11-8-5-2/h7-8,10-11,15-18,21-24,26-27,29-30,66H,4-6,9,12-14,19-20,25,28,31-65H2,1-3H3/b10-7-,11-8-,17-15-,18-16-,23-21-,24-22-,27-26-,30-29-. The van der Waals surface area contributed by atoms with Gasteiger partial charge in [0.2, 0.25) is 0 Å². The fraction of sp³-hybridized carbons (Fsp3) is 0.725. The molecule has 0 amide bonds. The van der Waals surface area contributed by atoms with Gasteiger partial charge in [-0.1, -0.05) is 285 Å². The number of carbonyl (C=O) groups excluding carboxylic acids is 3. The van der Waals surface area contributed by atoms with Crippen molar-refractivity contribution in [3.05, 3.63) is 97.2 Å². The third-order valence-electron chi connectivity index (χ3n) is 13.6. The van der Waals surface area contributed by atoms with E-state index in [4.69, 9.17) is 14.2 Å². The van der Waals surface area contributed by atoms with Crippen molar-refractivity contribution in [1.29, 1.82) is 0 Å².